The minimum absolute atomic E-state index is 0.852. The van der Waals surface area contributed by atoms with Crippen LogP contribution in [0.3, 0.4) is 0 Å². The van der Waals surface area contributed by atoms with E-state index in [0.29, 0.717) is 0 Å². The van der Waals surface area contributed by atoms with Crippen molar-refractivity contribution in [2.75, 3.05) is 4.90 Å². The Balaban J connectivity index is 0.780. The first-order valence-electron chi connectivity index (χ1n) is 30.2. The van der Waals surface area contributed by atoms with E-state index in [-0.39, 0.29) is 0 Å². The molecule has 0 amide bonds. The third kappa shape index (κ3) is 11.4. The van der Waals surface area contributed by atoms with Gasteiger partial charge in [-0.1, -0.05) is 220 Å². The Morgan fingerprint density at radius 3 is 1.43 bits per heavy atom. The van der Waals surface area contributed by atoms with E-state index in [4.69, 9.17) is 6.58 Å². The van der Waals surface area contributed by atoms with Crippen molar-refractivity contribution >= 4 is 72.7 Å². The van der Waals surface area contributed by atoms with Gasteiger partial charge in [0.2, 0.25) is 0 Å². The molecule has 0 unspecified atom stereocenters. The highest BCUT2D eigenvalue weighted by atomic mass is 15.1. The quantitative estimate of drug-likeness (QED) is 0.0693. The van der Waals surface area contributed by atoms with Crippen LogP contribution < -0.4 is 4.90 Å². The number of para-hydroxylation sites is 2. The van der Waals surface area contributed by atoms with Crippen molar-refractivity contribution in [2.45, 2.75) is 45.4 Å². The second-order valence-corrected chi connectivity index (χ2v) is 22.5. The van der Waals surface area contributed by atoms with Gasteiger partial charge in [0.25, 0.3) is 0 Å². The molecule has 0 fully saturated rings. The number of benzene rings is 11. The van der Waals surface area contributed by atoms with E-state index < -0.39 is 0 Å². The molecule has 13 aromatic rings. The number of aromatic nitrogens is 2. The minimum Gasteiger partial charge on any atom is -0.311 e. The lowest BCUT2D eigenvalue weighted by Crippen LogP contribution is -2.14. The second kappa shape index (κ2) is 24.8. The molecule has 11 aromatic carbocycles. The van der Waals surface area contributed by atoms with Crippen LogP contribution in [0.1, 0.15) is 58.7 Å². The highest BCUT2D eigenvalue weighted by Crippen LogP contribution is 2.40. The van der Waals surface area contributed by atoms with Crippen LogP contribution in [0.2, 0.25) is 0 Å². The molecule has 0 N–H and O–H groups in total. The average molecular weight is 1110 g/mol. The molecule has 0 saturated carbocycles. The molecule has 2 heterocycles. The van der Waals surface area contributed by atoms with Crippen LogP contribution in [-0.2, 0) is 25.7 Å². The fourth-order valence-corrected chi connectivity index (χ4v) is 12.5. The van der Waals surface area contributed by atoms with Gasteiger partial charge < -0.3 is 14.0 Å². The van der Waals surface area contributed by atoms with Gasteiger partial charge in [-0.15, -0.1) is 0 Å². The molecule has 0 aliphatic carbocycles. The van der Waals surface area contributed by atoms with Gasteiger partial charge in [0.1, 0.15) is 0 Å². The largest absolute Gasteiger partial charge is 0.311 e. The molecule has 13 rings (SSSR count). The van der Waals surface area contributed by atoms with Gasteiger partial charge in [0, 0.05) is 50.0 Å². The maximum Gasteiger partial charge on any atom is 0.0542 e. The van der Waals surface area contributed by atoms with Crippen LogP contribution in [0.25, 0.3) is 95.0 Å². The van der Waals surface area contributed by atoms with Crippen molar-refractivity contribution in [3.8, 4) is 33.6 Å². The lowest BCUT2D eigenvalue weighted by molar-refractivity contribution is 0.820. The van der Waals surface area contributed by atoms with Crippen LogP contribution >= 0.6 is 0 Å². The first kappa shape index (κ1) is 54.8. The molecule has 3 nitrogen and oxygen atoms in total. The first-order chi connectivity index (χ1) is 42.4. The molecule has 0 spiro atoms. The number of hydrogen-bond donors (Lipinski definition) is 0. The van der Waals surface area contributed by atoms with Crippen molar-refractivity contribution in [2.24, 2.45) is 0 Å². The smallest absolute Gasteiger partial charge is 0.0542 e. The van der Waals surface area contributed by atoms with Crippen LogP contribution in [-0.4, -0.2) is 9.13 Å². The first-order valence-corrected chi connectivity index (χ1v) is 30.2. The van der Waals surface area contributed by atoms with Crippen molar-refractivity contribution < 1.29 is 0 Å². The zero-order chi connectivity index (χ0) is 58.3. The zero-order valence-electron chi connectivity index (χ0n) is 48.9. The number of rotatable bonds is 20. The van der Waals surface area contributed by atoms with E-state index >= 15 is 0 Å². The second-order valence-electron chi connectivity index (χ2n) is 22.5. The number of anilines is 2. The van der Waals surface area contributed by atoms with E-state index in [0.717, 1.165) is 94.8 Å². The van der Waals surface area contributed by atoms with Crippen molar-refractivity contribution in [3.63, 3.8) is 0 Å². The Morgan fingerprint density at radius 2 is 0.814 bits per heavy atom. The van der Waals surface area contributed by atoms with E-state index in [1.807, 2.05) is 12.2 Å². The summed E-state index contributed by atoms with van der Waals surface area (Å²) in [6.07, 6.45) is 16.7. The summed E-state index contributed by atoms with van der Waals surface area (Å²) in [7, 11) is 0. The fraction of sp³-hybridized carbons (Fsp3) is 0.0843. The molecule has 3 heteroatoms. The van der Waals surface area contributed by atoms with Crippen LogP contribution in [0.15, 0.2) is 305 Å². The lowest BCUT2D eigenvalue weighted by atomic mass is 9.98. The molecular formula is C83H69N3. The summed E-state index contributed by atoms with van der Waals surface area (Å²) in [5, 5.41) is 4.92. The summed E-state index contributed by atoms with van der Waals surface area (Å²) >= 11 is 0. The Bertz CT molecular complexity index is 4630. The van der Waals surface area contributed by atoms with Crippen LogP contribution in [0, 0.1) is 0 Å². The molecular weight excluding hydrogens is 1040 g/mol. The molecule has 416 valence electrons. The average Bonchev–Trinajstić information content (AvgIpc) is 2.34. The van der Waals surface area contributed by atoms with Gasteiger partial charge in [0.05, 0.1) is 22.1 Å². The SMILES string of the molecule is C=Cc1ccc(CCCc2ccc(-n3c4ccccc4c4cc(N(C(=C)/C=C\C(=C/C)c5ccc(-c6ccc7c(c6)c6cc(CCCc8ccc(C=C)cc8)ccc6n7-c6ccccc6)cc5)c5ccc(-c6ccccc6)cc5)ccc43)cc2)cc1. The topological polar surface area (TPSA) is 13.1 Å². The summed E-state index contributed by atoms with van der Waals surface area (Å²) in [6, 6.07) is 95.5. The minimum atomic E-state index is 0.852. The van der Waals surface area contributed by atoms with E-state index in [9.17, 15) is 0 Å². The Morgan fingerprint density at radius 1 is 0.372 bits per heavy atom. The summed E-state index contributed by atoms with van der Waals surface area (Å²) in [5.74, 6) is 0. The number of nitrogens with zero attached hydrogens (tertiary/aromatic N) is 3. The highest BCUT2D eigenvalue weighted by Gasteiger charge is 2.19. The number of fused-ring (bicyclic) bond motifs is 6. The standard InChI is InChI=1S/C83H69N3/c1-5-60-29-33-62(34-30-60)18-16-19-64-37-48-74(49-38-64)86-80-27-15-14-26-76(80)79-58-75(52-55-83(79)86)84(73-50-45-69(46-51-73)67-22-10-8-11-23-67)59(4)28-40-66(7-3)68-41-43-70(44-42-68)71-47-54-82-78(57-71)77-56-65(21-17-20-63-35-31-61(6-2)32-36-63)39-53-81(77)85(82)72-24-12-9-13-25-72/h5-15,22-58H,1-2,4,16-21H2,3H3/b40-28-,66-7+. The molecule has 0 atom stereocenters. The third-order valence-corrected chi connectivity index (χ3v) is 17.1. The van der Waals surface area contributed by atoms with E-state index in [1.165, 1.54) is 82.6 Å². The Hall–Kier alpha value is -10.5. The normalized spacial score (nSPS) is 11.8. The van der Waals surface area contributed by atoms with Gasteiger partial charge >= 0.3 is 0 Å². The summed E-state index contributed by atoms with van der Waals surface area (Å²) in [6.45, 7) is 14.7. The van der Waals surface area contributed by atoms with Gasteiger partial charge in [0.15, 0.2) is 0 Å². The van der Waals surface area contributed by atoms with Crippen LogP contribution in [0.5, 0.6) is 0 Å². The van der Waals surface area contributed by atoms with Gasteiger partial charge in [-0.3, -0.25) is 0 Å². The third-order valence-electron chi connectivity index (χ3n) is 17.1. The monoisotopic (exact) mass is 1110 g/mol. The van der Waals surface area contributed by atoms with Crippen molar-refractivity contribution in [1.29, 1.82) is 0 Å². The summed E-state index contributed by atoms with van der Waals surface area (Å²) < 4.78 is 4.82. The predicted molar refractivity (Wildman–Crippen MR) is 370 cm³/mol. The van der Waals surface area contributed by atoms with Crippen molar-refractivity contribution in [1.82, 2.24) is 9.13 Å². The Kier molecular flexibility index (Phi) is 15.8. The number of allylic oxidation sites excluding steroid dienone is 4. The molecule has 0 radical (unpaired) electrons. The maximum atomic E-state index is 4.79. The van der Waals surface area contributed by atoms with Gasteiger partial charge in [-0.05, 0) is 203 Å². The predicted octanol–water partition coefficient (Wildman–Crippen LogP) is 22.2. The molecule has 86 heavy (non-hydrogen) atoms. The van der Waals surface area contributed by atoms with Crippen LogP contribution in [0.4, 0.5) is 11.4 Å². The fourth-order valence-electron chi connectivity index (χ4n) is 12.5. The highest BCUT2D eigenvalue weighted by molar-refractivity contribution is 6.12. The van der Waals surface area contributed by atoms with E-state index in [1.54, 1.807) is 0 Å². The molecule has 0 aliphatic heterocycles. The molecule has 2 aromatic heterocycles. The molecule has 0 saturated heterocycles. The molecule has 0 aliphatic rings. The van der Waals surface area contributed by atoms with Gasteiger partial charge in [-0.2, -0.15) is 0 Å². The number of aryl methyl sites for hydroxylation is 4. The lowest BCUT2D eigenvalue weighted by Gasteiger charge is -2.26. The summed E-state index contributed by atoms with van der Waals surface area (Å²) in [5.41, 5.74) is 24.7. The van der Waals surface area contributed by atoms with E-state index in [2.05, 4.69) is 313 Å². The Labute approximate surface area is 506 Å². The number of hydrogen-bond acceptors (Lipinski definition) is 1. The van der Waals surface area contributed by atoms with Gasteiger partial charge in [-0.25, -0.2) is 0 Å². The maximum absolute atomic E-state index is 4.79. The summed E-state index contributed by atoms with van der Waals surface area (Å²) in [4.78, 5) is 2.29. The molecule has 0 bridgehead atoms. The zero-order valence-corrected chi connectivity index (χ0v) is 48.9. The van der Waals surface area contributed by atoms with Crippen molar-refractivity contribution in [3.05, 3.63) is 343 Å².